The predicted molar refractivity (Wildman–Crippen MR) is 107 cm³/mol. The van der Waals surface area contributed by atoms with Gasteiger partial charge < -0.3 is 5.32 Å². The molecule has 4 aromatic rings. The van der Waals surface area contributed by atoms with E-state index in [0.29, 0.717) is 17.1 Å². The second-order valence-electron chi connectivity index (χ2n) is 6.15. The summed E-state index contributed by atoms with van der Waals surface area (Å²) in [6.07, 6.45) is 1.45. The van der Waals surface area contributed by atoms with Crippen LogP contribution in [0.5, 0.6) is 0 Å². The molecule has 0 aliphatic carbocycles. The lowest BCUT2D eigenvalue weighted by atomic mass is 10.0. The molecule has 28 heavy (non-hydrogen) atoms. The quantitative estimate of drug-likeness (QED) is 0.538. The summed E-state index contributed by atoms with van der Waals surface area (Å²) < 4.78 is 13.1. The Morgan fingerprint density at radius 3 is 1.93 bits per heavy atom. The van der Waals surface area contributed by atoms with Gasteiger partial charge in [-0.2, -0.15) is 0 Å². The zero-order chi connectivity index (χ0) is 19.3. The average molecular weight is 369 g/mol. The van der Waals surface area contributed by atoms with Crippen LogP contribution in [-0.4, -0.2) is 15.9 Å². The van der Waals surface area contributed by atoms with Gasteiger partial charge in [0.15, 0.2) is 0 Å². The van der Waals surface area contributed by atoms with E-state index in [0.717, 1.165) is 11.1 Å². The van der Waals surface area contributed by atoms with Gasteiger partial charge in [0.1, 0.15) is 11.5 Å². The van der Waals surface area contributed by atoms with Crippen molar-refractivity contribution >= 4 is 11.6 Å². The SMILES string of the molecule is O=C(Nc1ccc(F)cc1)c1cnc(-c2ccccc2)c(-c2ccccc2)n1. The molecule has 1 amide bonds. The number of rotatable bonds is 4. The number of halogens is 1. The van der Waals surface area contributed by atoms with Gasteiger partial charge in [0.2, 0.25) is 0 Å². The number of nitrogens with one attached hydrogen (secondary N) is 1. The highest BCUT2D eigenvalue weighted by Gasteiger charge is 2.16. The minimum atomic E-state index is -0.407. The maximum Gasteiger partial charge on any atom is 0.275 e. The van der Waals surface area contributed by atoms with E-state index in [9.17, 15) is 9.18 Å². The standard InChI is InChI=1S/C23H16FN3O/c24-18-11-13-19(14-12-18)26-23(28)20-15-25-21(16-7-3-1-4-8-16)22(27-20)17-9-5-2-6-10-17/h1-15H,(H,26,28). The monoisotopic (exact) mass is 369 g/mol. The number of benzene rings is 3. The van der Waals surface area contributed by atoms with E-state index in [4.69, 9.17) is 0 Å². The number of anilines is 1. The van der Waals surface area contributed by atoms with Crippen LogP contribution in [0.15, 0.2) is 91.1 Å². The van der Waals surface area contributed by atoms with Crippen molar-refractivity contribution in [3.63, 3.8) is 0 Å². The molecule has 4 nitrogen and oxygen atoms in total. The Balaban J connectivity index is 1.73. The van der Waals surface area contributed by atoms with E-state index >= 15 is 0 Å². The van der Waals surface area contributed by atoms with Gasteiger partial charge >= 0.3 is 0 Å². The van der Waals surface area contributed by atoms with Crippen molar-refractivity contribution in [2.75, 3.05) is 5.32 Å². The van der Waals surface area contributed by atoms with Gasteiger partial charge in [-0.3, -0.25) is 9.78 Å². The Bertz CT molecular complexity index is 1100. The van der Waals surface area contributed by atoms with Crippen molar-refractivity contribution in [2.24, 2.45) is 0 Å². The van der Waals surface area contributed by atoms with Gasteiger partial charge in [0, 0.05) is 16.8 Å². The van der Waals surface area contributed by atoms with E-state index in [1.165, 1.54) is 30.5 Å². The van der Waals surface area contributed by atoms with E-state index in [1.807, 2.05) is 60.7 Å². The molecule has 0 fully saturated rings. The number of hydrogen-bond acceptors (Lipinski definition) is 3. The zero-order valence-electron chi connectivity index (χ0n) is 14.8. The van der Waals surface area contributed by atoms with Crippen molar-refractivity contribution < 1.29 is 9.18 Å². The Morgan fingerprint density at radius 1 is 0.750 bits per heavy atom. The molecule has 3 aromatic carbocycles. The van der Waals surface area contributed by atoms with Crippen molar-refractivity contribution in [2.45, 2.75) is 0 Å². The van der Waals surface area contributed by atoms with Crippen LogP contribution in [0.2, 0.25) is 0 Å². The highest BCUT2D eigenvalue weighted by atomic mass is 19.1. The Labute approximate surface area is 161 Å². The van der Waals surface area contributed by atoms with E-state index in [2.05, 4.69) is 15.3 Å². The molecule has 4 rings (SSSR count). The Kier molecular flexibility index (Phi) is 4.89. The summed E-state index contributed by atoms with van der Waals surface area (Å²) in [5.41, 5.74) is 3.78. The number of hydrogen-bond donors (Lipinski definition) is 1. The van der Waals surface area contributed by atoms with E-state index in [1.54, 1.807) is 0 Å². The number of carbonyl (C=O) groups excluding carboxylic acids is 1. The highest BCUT2D eigenvalue weighted by molar-refractivity contribution is 6.03. The fourth-order valence-corrected chi connectivity index (χ4v) is 2.83. The summed E-state index contributed by atoms with van der Waals surface area (Å²) >= 11 is 0. The molecule has 0 saturated carbocycles. The van der Waals surface area contributed by atoms with Gasteiger partial charge in [0.05, 0.1) is 17.6 Å². The van der Waals surface area contributed by atoms with Crippen LogP contribution in [0.3, 0.4) is 0 Å². The largest absolute Gasteiger partial charge is 0.321 e. The second kappa shape index (κ2) is 7.80. The molecule has 0 spiro atoms. The second-order valence-corrected chi connectivity index (χ2v) is 6.15. The fraction of sp³-hybridized carbons (Fsp3) is 0. The first-order valence-electron chi connectivity index (χ1n) is 8.75. The lowest BCUT2D eigenvalue weighted by Crippen LogP contribution is -2.15. The summed E-state index contributed by atoms with van der Waals surface area (Å²) in [7, 11) is 0. The summed E-state index contributed by atoms with van der Waals surface area (Å²) in [6.45, 7) is 0. The van der Waals surface area contributed by atoms with Crippen molar-refractivity contribution in [1.29, 1.82) is 0 Å². The number of amides is 1. The molecule has 0 atom stereocenters. The third-order valence-corrected chi connectivity index (χ3v) is 4.20. The van der Waals surface area contributed by atoms with Crippen LogP contribution >= 0.6 is 0 Å². The van der Waals surface area contributed by atoms with Crippen LogP contribution in [0, 0.1) is 5.82 Å². The van der Waals surface area contributed by atoms with Crippen LogP contribution in [0.4, 0.5) is 10.1 Å². The molecule has 5 heteroatoms. The first-order chi connectivity index (χ1) is 13.7. The van der Waals surface area contributed by atoms with Gasteiger partial charge in [-0.05, 0) is 24.3 Å². The molecule has 1 N–H and O–H groups in total. The topological polar surface area (TPSA) is 54.9 Å². The highest BCUT2D eigenvalue weighted by Crippen LogP contribution is 2.28. The third kappa shape index (κ3) is 3.78. The average Bonchev–Trinajstić information content (AvgIpc) is 2.76. The summed E-state index contributed by atoms with van der Waals surface area (Å²) in [6, 6.07) is 24.9. The minimum absolute atomic E-state index is 0.183. The molecule has 1 aromatic heterocycles. The van der Waals surface area contributed by atoms with Crippen molar-refractivity contribution in [3.05, 3.63) is 103 Å². The first kappa shape index (κ1) is 17.5. The Hall–Kier alpha value is -3.86. The van der Waals surface area contributed by atoms with Crippen LogP contribution in [0.1, 0.15) is 10.5 Å². The molecule has 0 saturated heterocycles. The van der Waals surface area contributed by atoms with Crippen molar-refractivity contribution in [1.82, 2.24) is 9.97 Å². The summed E-state index contributed by atoms with van der Waals surface area (Å²) in [5.74, 6) is -0.771. The van der Waals surface area contributed by atoms with Crippen LogP contribution in [0.25, 0.3) is 22.5 Å². The molecule has 0 aliphatic heterocycles. The predicted octanol–water partition coefficient (Wildman–Crippen LogP) is 5.20. The minimum Gasteiger partial charge on any atom is -0.321 e. The lowest BCUT2D eigenvalue weighted by Gasteiger charge is -2.11. The molecule has 0 bridgehead atoms. The summed E-state index contributed by atoms with van der Waals surface area (Å²) in [4.78, 5) is 21.7. The van der Waals surface area contributed by atoms with Crippen LogP contribution in [-0.2, 0) is 0 Å². The molecular formula is C23H16FN3O. The first-order valence-corrected chi connectivity index (χ1v) is 8.75. The summed E-state index contributed by atoms with van der Waals surface area (Å²) in [5, 5.41) is 2.72. The van der Waals surface area contributed by atoms with Gasteiger partial charge in [-0.25, -0.2) is 9.37 Å². The molecule has 0 aliphatic rings. The van der Waals surface area contributed by atoms with Gasteiger partial charge in [-0.1, -0.05) is 60.7 Å². The smallest absolute Gasteiger partial charge is 0.275 e. The maximum absolute atomic E-state index is 13.1. The molecule has 1 heterocycles. The van der Waals surface area contributed by atoms with Gasteiger partial charge in [0.25, 0.3) is 5.91 Å². The lowest BCUT2D eigenvalue weighted by molar-refractivity contribution is 0.102. The fourth-order valence-electron chi connectivity index (χ4n) is 2.83. The zero-order valence-corrected chi connectivity index (χ0v) is 14.8. The van der Waals surface area contributed by atoms with Gasteiger partial charge in [-0.15, -0.1) is 0 Å². The molecule has 0 unspecified atom stereocenters. The number of carbonyl (C=O) groups is 1. The maximum atomic E-state index is 13.1. The Morgan fingerprint density at radius 2 is 1.32 bits per heavy atom. The van der Waals surface area contributed by atoms with E-state index in [-0.39, 0.29) is 11.5 Å². The van der Waals surface area contributed by atoms with E-state index < -0.39 is 5.91 Å². The third-order valence-electron chi connectivity index (χ3n) is 4.20. The molecule has 0 radical (unpaired) electrons. The van der Waals surface area contributed by atoms with Crippen LogP contribution < -0.4 is 5.32 Å². The normalized spacial score (nSPS) is 10.5. The van der Waals surface area contributed by atoms with Crippen molar-refractivity contribution in [3.8, 4) is 22.5 Å². The molecular weight excluding hydrogens is 353 g/mol. The number of nitrogens with zero attached hydrogens (tertiary/aromatic N) is 2. The number of aromatic nitrogens is 2. The molecule has 136 valence electrons.